The van der Waals surface area contributed by atoms with Gasteiger partial charge in [0.1, 0.15) is 11.7 Å². The molecule has 0 saturated heterocycles. The fourth-order valence-electron chi connectivity index (χ4n) is 1.48. The minimum absolute atomic E-state index is 0.0796. The third-order valence-corrected chi connectivity index (χ3v) is 2.42. The fraction of sp³-hybridized carbons (Fsp3) is 0.273. The number of hydrogen-bond donors (Lipinski definition) is 1. The van der Waals surface area contributed by atoms with Crippen molar-refractivity contribution in [3.63, 3.8) is 0 Å². The number of alkyl halides is 2. The Morgan fingerprint density at radius 1 is 1.37 bits per heavy atom. The van der Waals surface area contributed by atoms with Crippen molar-refractivity contribution in [2.45, 2.75) is 12.5 Å². The van der Waals surface area contributed by atoms with E-state index in [1.54, 1.807) is 6.07 Å². The molecule has 0 aromatic carbocycles. The average molecular weight is 267 g/mol. The van der Waals surface area contributed by atoms with E-state index in [1.165, 1.54) is 31.0 Å². The minimum atomic E-state index is -2.64. The Balaban J connectivity index is 1.98. The van der Waals surface area contributed by atoms with Crippen molar-refractivity contribution in [3.05, 3.63) is 42.7 Å². The predicted molar refractivity (Wildman–Crippen MR) is 61.6 cm³/mol. The molecule has 2 aromatic heterocycles. The summed E-state index contributed by atoms with van der Waals surface area (Å²) < 4.78 is 26.9. The summed E-state index contributed by atoms with van der Waals surface area (Å²) in [4.78, 5) is 19.2. The first kappa shape index (κ1) is 13.1. The third-order valence-electron chi connectivity index (χ3n) is 2.42. The highest BCUT2D eigenvalue weighted by atomic mass is 19.3. The molecule has 100 valence electrons. The molecule has 0 saturated carbocycles. The van der Waals surface area contributed by atoms with Crippen LogP contribution in [0.1, 0.15) is 16.5 Å². The van der Waals surface area contributed by atoms with E-state index in [0.29, 0.717) is 0 Å². The second kappa shape index (κ2) is 5.98. The van der Waals surface area contributed by atoms with Gasteiger partial charge in [-0.15, -0.1) is 0 Å². The Bertz CT molecular complexity index is 517. The molecule has 0 radical (unpaired) electrons. The first-order valence-corrected chi connectivity index (χ1v) is 5.50. The molecule has 0 fully saturated rings. The molecule has 0 aliphatic heterocycles. The highest BCUT2D eigenvalue weighted by molar-refractivity contribution is 5.91. The predicted octanol–water partition coefficient (Wildman–Crippen LogP) is 0.909. The van der Waals surface area contributed by atoms with Gasteiger partial charge in [-0.3, -0.25) is 14.5 Å². The topological polar surface area (TPSA) is 72.7 Å². The number of carbonyl (C=O) groups is 1. The first-order valence-electron chi connectivity index (χ1n) is 5.50. The number of rotatable bonds is 5. The molecule has 1 unspecified atom stereocenters. The van der Waals surface area contributed by atoms with Gasteiger partial charge in [0.05, 0.1) is 6.20 Å². The van der Waals surface area contributed by atoms with Gasteiger partial charge in [-0.25, -0.2) is 13.8 Å². The number of nitrogens with zero attached hydrogens (tertiary/aromatic N) is 4. The Morgan fingerprint density at radius 2 is 2.21 bits per heavy atom. The van der Waals surface area contributed by atoms with E-state index in [2.05, 4.69) is 20.4 Å². The summed E-state index contributed by atoms with van der Waals surface area (Å²) >= 11 is 0. The SMILES string of the molecule is O=C(NCC(C(F)F)n1cccn1)c1cnccn1. The molecule has 6 nitrogen and oxygen atoms in total. The van der Waals surface area contributed by atoms with Crippen LogP contribution in [-0.2, 0) is 0 Å². The normalized spacial score (nSPS) is 12.4. The van der Waals surface area contributed by atoms with E-state index in [4.69, 9.17) is 0 Å². The number of amides is 1. The molecule has 2 heterocycles. The quantitative estimate of drug-likeness (QED) is 0.874. The summed E-state index contributed by atoms with van der Waals surface area (Å²) in [6.07, 6.45) is 4.23. The van der Waals surface area contributed by atoms with Crippen molar-refractivity contribution in [2.24, 2.45) is 0 Å². The van der Waals surface area contributed by atoms with E-state index in [9.17, 15) is 13.6 Å². The zero-order chi connectivity index (χ0) is 13.7. The Hall–Kier alpha value is -2.38. The summed E-state index contributed by atoms with van der Waals surface area (Å²) in [5, 5.41) is 6.13. The Labute approximate surface area is 107 Å². The van der Waals surface area contributed by atoms with Gasteiger partial charge >= 0.3 is 0 Å². The van der Waals surface area contributed by atoms with Gasteiger partial charge in [0.15, 0.2) is 0 Å². The van der Waals surface area contributed by atoms with E-state index in [-0.39, 0.29) is 12.2 Å². The smallest absolute Gasteiger partial charge is 0.271 e. The first-order chi connectivity index (χ1) is 9.18. The zero-order valence-electron chi connectivity index (χ0n) is 9.78. The summed E-state index contributed by atoms with van der Waals surface area (Å²) in [6.45, 7) is -0.241. The van der Waals surface area contributed by atoms with Gasteiger partial charge in [0.25, 0.3) is 12.3 Å². The minimum Gasteiger partial charge on any atom is -0.348 e. The average Bonchev–Trinajstić information content (AvgIpc) is 2.93. The monoisotopic (exact) mass is 267 g/mol. The number of halogens is 2. The molecule has 0 bridgehead atoms. The van der Waals surface area contributed by atoms with Crippen molar-refractivity contribution in [3.8, 4) is 0 Å². The van der Waals surface area contributed by atoms with Crippen molar-refractivity contribution >= 4 is 5.91 Å². The fourth-order valence-corrected chi connectivity index (χ4v) is 1.48. The van der Waals surface area contributed by atoms with Crippen molar-refractivity contribution < 1.29 is 13.6 Å². The largest absolute Gasteiger partial charge is 0.348 e. The molecule has 0 spiro atoms. The van der Waals surface area contributed by atoms with Crippen LogP contribution in [0.3, 0.4) is 0 Å². The molecule has 2 aromatic rings. The van der Waals surface area contributed by atoms with E-state index in [1.807, 2.05) is 0 Å². The van der Waals surface area contributed by atoms with Gasteiger partial charge in [-0.2, -0.15) is 5.10 Å². The van der Waals surface area contributed by atoms with E-state index < -0.39 is 18.4 Å². The maximum absolute atomic E-state index is 12.9. The maximum Gasteiger partial charge on any atom is 0.271 e. The Morgan fingerprint density at radius 3 is 2.79 bits per heavy atom. The second-order valence-electron chi connectivity index (χ2n) is 3.69. The molecule has 1 atom stereocenters. The lowest BCUT2D eigenvalue weighted by atomic mass is 10.3. The summed E-state index contributed by atoms with van der Waals surface area (Å²) in [5.41, 5.74) is 0.0796. The molecular formula is C11H11F2N5O. The molecule has 1 N–H and O–H groups in total. The van der Waals surface area contributed by atoms with E-state index >= 15 is 0 Å². The number of hydrogen-bond acceptors (Lipinski definition) is 4. The molecule has 2 rings (SSSR count). The van der Waals surface area contributed by atoms with Crippen LogP contribution < -0.4 is 5.32 Å². The standard InChI is InChI=1S/C11H11F2N5O/c12-10(13)9(18-5-1-2-17-18)7-16-11(19)8-6-14-3-4-15-8/h1-6,9-10H,7H2,(H,16,19). The lowest BCUT2D eigenvalue weighted by Crippen LogP contribution is -2.34. The lowest BCUT2D eigenvalue weighted by molar-refractivity contribution is 0.0713. The van der Waals surface area contributed by atoms with Gasteiger partial charge in [0.2, 0.25) is 0 Å². The van der Waals surface area contributed by atoms with Crippen molar-refractivity contribution in [1.29, 1.82) is 0 Å². The molecule has 0 aliphatic carbocycles. The van der Waals surface area contributed by atoms with Crippen molar-refractivity contribution in [2.75, 3.05) is 6.54 Å². The summed E-state index contributed by atoms with van der Waals surface area (Å²) in [7, 11) is 0. The van der Waals surface area contributed by atoms with Crippen molar-refractivity contribution in [1.82, 2.24) is 25.1 Å². The highest BCUT2D eigenvalue weighted by Gasteiger charge is 2.23. The zero-order valence-corrected chi connectivity index (χ0v) is 9.78. The number of aromatic nitrogens is 4. The van der Waals surface area contributed by atoms with Gasteiger partial charge < -0.3 is 5.32 Å². The maximum atomic E-state index is 12.9. The molecule has 8 heteroatoms. The van der Waals surface area contributed by atoms with Crippen LogP contribution in [-0.4, -0.2) is 38.6 Å². The highest BCUT2D eigenvalue weighted by Crippen LogP contribution is 2.14. The van der Waals surface area contributed by atoms with Crippen LogP contribution in [0.2, 0.25) is 0 Å². The number of nitrogens with one attached hydrogen (secondary N) is 1. The van der Waals surface area contributed by atoms with Crippen LogP contribution in [0.15, 0.2) is 37.1 Å². The molecule has 19 heavy (non-hydrogen) atoms. The van der Waals surface area contributed by atoms with Crippen LogP contribution in [0.5, 0.6) is 0 Å². The Kier molecular flexibility index (Phi) is 4.11. The summed E-state index contributed by atoms with van der Waals surface area (Å²) in [6, 6.07) is 0.329. The van der Waals surface area contributed by atoms with Gasteiger partial charge in [0, 0.05) is 31.3 Å². The van der Waals surface area contributed by atoms with Crippen LogP contribution >= 0.6 is 0 Å². The van der Waals surface area contributed by atoms with E-state index in [0.717, 1.165) is 4.68 Å². The molecular weight excluding hydrogens is 256 g/mol. The van der Waals surface area contributed by atoms with Crippen LogP contribution in [0.25, 0.3) is 0 Å². The number of carbonyl (C=O) groups excluding carboxylic acids is 1. The third kappa shape index (κ3) is 3.30. The van der Waals surface area contributed by atoms with Crippen LogP contribution in [0.4, 0.5) is 8.78 Å². The second-order valence-corrected chi connectivity index (χ2v) is 3.69. The molecule has 0 aliphatic rings. The van der Waals surface area contributed by atoms with Crippen LogP contribution in [0, 0.1) is 0 Å². The van der Waals surface area contributed by atoms with Gasteiger partial charge in [-0.1, -0.05) is 0 Å². The molecule has 1 amide bonds. The lowest BCUT2D eigenvalue weighted by Gasteiger charge is -2.17. The summed E-state index contributed by atoms with van der Waals surface area (Å²) in [5.74, 6) is -0.550. The van der Waals surface area contributed by atoms with Gasteiger partial charge in [-0.05, 0) is 6.07 Å².